The topological polar surface area (TPSA) is 52.0 Å². The van der Waals surface area contributed by atoms with Crippen LogP contribution in [0.5, 0.6) is 0 Å². The van der Waals surface area contributed by atoms with Crippen LogP contribution in [-0.4, -0.2) is 21.1 Å². The summed E-state index contributed by atoms with van der Waals surface area (Å²) >= 11 is 7.25. The van der Waals surface area contributed by atoms with Gasteiger partial charge in [0.1, 0.15) is 0 Å². The van der Waals surface area contributed by atoms with Gasteiger partial charge in [-0.1, -0.05) is 65.3 Å². The zero-order valence-corrected chi connectivity index (χ0v) is 17.2. The van der Waals surface area contributed by atoms with Gasteiger partial charge in [0.25, 0.3) is 5.56 Å². The van der Waals surface area contributed by atoms with Gasteiger partial charge in [-0.15, -0.1) is 0 Å². The molecule has 4 rings (SSSR count). The quantitative estimate of drug-likeness (QED) is 0.249. The summed E-state index contributed by atoms with van der Waals surface area (Å²) in [5, 5.41) is 1.58. The van der Waals surface area contributed by atoms with Crippen LogP contribution in [0.15, 0.2) is 82.7 Å². The molecule has 0 fully saturated rings. The highest BCUT2D eigenvalue weighted by atomic mass is 35.5. The average Bonchev–Trinajstić information content (AvgIpc) is 2.73. The monoisotopic (exact) mass is 420 g/mol. The zero-order valence-electron chi connectivity index (χ0n) is 15.6. The molecule has 0 unspecified atom stereocenters. The summed E-state index contributed by atoms with van der Waals surface area (Å²) in [6.45, 7) is 1.98. The van der Waals surface area contributed by atoms with Crippen molar-refractivity contribution >= 4 is 40.0 Å². The lowest BCUT2D eigenvalue weighted by atomic mass is 10.1. The number of ketones is 1. The normalized spacial score (nSPS) is 11.0. The number of thioether (sulfide) groups is 1. The van der Waals surface area contributed by atoms with Crippen LogP contribution in [0.2, 0.25) is 5.02 Å². The molecule has 1 heterocycles. The van der Waals surface area contributed by atoms with Crippen LogP contribution in [0.25, 0.3) is 16.6 Å². The molecule has 0 saturated heterocycles. The summed E-state index contributed by atoms with van der Waals surface area (Å²) in [6, 6.07) is 21.7. The molecule has 144 valence electrons. The third kappa shape index (κ3) is 4.11. The maximum absolute atomic E-state index is 13.2. The van der Waals surface area contributed by atoms with E-state index in [1.165, 1.54) is 16.3 Å². The van der Waals surface area contributed by atoms with Gasteiger partial charge in [-0.25, -0.2) is 4.98 Å². The minimum Gasteiger partial charge on any atom is -0.293 e. The van der Waals surface area contributed by atoms with E-state index in [0.717, 1.165) is 5.56 Å². The van der Waals surface area contributed by atoms with Gasteiger partial charge < -0.3 is 0 Å². The molecule has 3 aromatic carbocycles. The van der Waals surface area contributed by atoms with Crippen molar-refractivity contribution < 1.29 is 4.79 Å². The molecule has 0 N–H and O–H groups in total. The minimum absolute atomic E-state index is 0.0138. The van der Waals surface area contributed by atoms with E-state index in [1.807, 2.05) is 43.3 Å². The molecule has 0 radical (unpaired) electrons. The van der Waals surface area contributed by atoms with E-state index in [1.54, 1.807) is 36.4 Å². The number of hydrogen-bond donors (Lipinski definition) is 0. The maximum Gasteiger partial charge on any atom is 0.266 e. The van der Waals surface area contributed by atoms with E-state index in [9.17, 15) is 9.59 Å². The molecule has 4 aromatic rings. The van der Waals surface area contributed by atoms with Gasteiger partial charge >= 0.3 is 0 Å². The van der Waals surface area contributed by atoms with Gasteiger partial charge in [0.15, 0.2) is 10.9 Å². The first-order chi connectivity index (χ1) is 14.0. The molecule has 0 atom stereocenters. The Bertz CT molecular complexity index is 1250. The first-order valence-electron chi connectivity index (χ1n) is 9.03. The van der Waals surface area contributed by atoms with E-state index in [0.29, 0.717) is 32.3 Å². The van der Waals surface area contributed by atoms with Crippen LogP contribution in [0.3, 0.4) is 0 Å². The molecule has 4 nitrogen and oxygen atoms in total. The summed E-state index contributed by atoms with van der Waals surface area (Å²) in [7, 11) is 0. The number of rotatable bonds is 5. The van der Waals surface area contributed by atoms with Gasteiger partial charge in [-0.05, 0) is 43.3 Å². The van der Waals surface area contributed by atoms with Crippen LogP contribution in [0.4, 0.5) is 0 Å². The first-order valence-corrected chi connectivity index (χ1v) is 10.4. The number of carbonyl (C=O) groups is 1. The summed E-state index contributed by atoms with van der Waals surface area (Å²) < 4.78 is 1.53. The fourth-order valence-electron chi connectivity index (χ4n) is 2.98. The second kappa shape index (κ2) is 8.23. The number of nitrogens with zero attached hydrogens (tertiary/aromatic N) is 2. The number of Topliss-reactive ketones (excluding diaryl/α,β-unsaturated/α-hetero) is 1. The third-order valence-corrected chi connectivity index (χ3v) is 5.73. The largest absolute Gasteiger partial charge is 0.293 e. The summed E-state index contributed by atoms with van der Waals surface area (Å²) in [5.74, 6) is 0.168. The van der Waals surface area contributed by atoms with Crippen molar-refractivity contribution in [3.8, 4) is 5.69 Å². The molecule has 0 saturated carbocycles. The number of halogens is 1. The van der Waals surface area contributed by atoms with Crippen molar-refractivity contribution in [2.45, 2.75) is 12.1 Å². The van der Waals surface area contributed by atoms with Crippen molar-refractivity contribution in [3.63, 3.8) is 0 Å². The zero-order chi connectivity index (χ0) is 20.4. The molecule has 0 aliphatic rings. The first kappa shape index (κ1) is 19.4. The molecule has 0 amide bonds. The Balaban J connectivity index is 1.75. The molecule has 0 bridgehead atoms. The highest BCUT2D eigenvalue weighted by molar-refractivity contribution is 7.99. The molecular weight excluding hydrogens is 404 g/mol. The highest BCUT2D eigenvalue weighted by Crippen LogP contribution is 2.23. The van der Waals surface area contributed by atoms with E-state index in [4.69, 9.17) is 11.6 Å². The predicted octanol–water partition coefficient (Wildman–Crippen LogP) is 5.32. The molecule has 0 aliphatic heterocycles. The van der Waals surface area contributed by atoms with Gasteiger partial charge in [-0.3, -0.25) is 14.2 Å². The SMILES string of the molecule is Cc1ccc(C(=O)CSc2nc3ccccc3c(=O)n2-c2ccc(Cl)cc2)cc1. The van der Waals surface area contributed by atoms with Crippen LogP contribution in [-0.2, 0) is 0 Å². The number of benzene rings is 3. The fourth-order valence-corrected chi connectivity index (χ4v) is 4.01. The number of carbonyl (C=O) groups excluding carboxylic acids is 1. The van der Waals surface area contributed by atoms with Crippen molar-refractivity contribution in [1.82, 2.24) is 9.55 Å². The molecule has 29 heavy (non-hydrogen) atoms. The number of hydrogen-bond acceptors (Lipinski definition) is 4. The van der Waals surface area contributed by atoms with E-state index in [-0.39, 0.29) is 17.1 Å². The number of aromatic nitrogens is 2. The lowest BCUT2D eigenvalue weighted by molar-refractivity contribution is 0.102. The van der Waals surface area contributed by atoms with Crippen LogP contribution < -0.4 is 5.56 Å². The van der Waals surface area contributed by atoms with E-state index >= 15 is 0 Å². The smallest absolute Gasteiger partial charge is 0.266 e. The van der Waals surface area contributed by atoms with Gasteiger partial charge in [0.2, 0.25) is 0 Å². The van der Waals surface area contributed by atoms with Crippen molar-refractivity contribution in [3.05, 3.63) is 99.3 Å². The molecule has 1 aromatic heterocycles. The fraction of sp³-hybridized carbons (Fsp3) is 0.0870. The second-order valence-electron chi connectivity index (χ2n) is 6.61. The highest BCUT2D eigenvalue weighted by Gasteiger charge is 2.15. The lowest BCUT2D eigenvalue weighted by Crippen LogP contribution is -2.22. The Hall–Kier alpha value is -2.89. The Morgan fingerprint density at radius 3 is 2.41 bits per heavy atom. The average molecular weight is 421 g/mol. The van der Waals surface area contributed by atoms with E-state index < -0.39 is 0 Å². The van der Waals surface area contributed by atoms with Crippen molar-refractivity contribution in [2.24, 2.45) is 0 Å². The minimum atomic E-state index is -0.178. The van der Waals surface area contributed by atoms with Gasteiger partial charge in [-0.2, -0.15) is 0 Å². The Kier molecular flexibility index (Phi) is 5.51. The number of para-hydroxylation sites is 1. The maximum atomic E-state index is 13.2. The van der Waals surface area contributed by atoms with Crippen molar-refractivity contribution in [2.75, 3.05) is 5.75 Å². The van der Waals surface area contributed by atoms with Crippen molar-refractivity contribution in [1.29, 1.82) is 0 Å². The Morgan fingerprint density at radius 2 is 1.69 bits per heavy atom. The second-order valence-corrected chi connectivity index (χ2v) is 7.99. The summed E-state index contributed by atoms with van der Waals surface area (Å²) in [4.78, 5) is 30.5. The summed E-state index contributed by atoms with van der Waals surface area (Å²) in [5.41, 5.74) is 2.82. The van der Waals surface area contributed by atoms with E-state index in [2.05, 4.69) is 4.98 Å². The number of fused-ring (bicyclic) bond motifs is 1. The third-order valence-electron chi connectivity index (χ3n) is 4.54. The Morgan fingerprint density at radius 1 is 1.00 bits per heavy atom. The predicted molar refractivity (Wildman–Crippen MR) is 119 cm³/mol. The molecular formula is C23H17ClN2O2S. The molecule has 0 spiro atoms. The van der Waals surface area contributed by atoms with Crippen LogP contribution in [0, 0.1) is 6.92 Å². The van der Waals surface area contributed by atoms with Gasteiger partial charge in [0, 0.05) is 10.6 Å². The Labute approximate surface area is 177 Å². The lowest BCUT2D eigenvalue weighted by Gasteiger charge is -2.13. The molecule has 0 aliphatic carbocycles. The number of aryl methyl sites for hydroxylation is 1. The summed E-state index contributed by atoms with van der Waals surface area (Å²) in [6.07, 6.45) is 0. The standard InChI is InChI=1S/C23H17ClN2O2S/c1-15-6-8-16(9-7-15)21(27)14-29-23-25-20-5-3-2-4-19(20)22(28)26(23)18-12-10-17(24)11-13-18/h2-13H,14H2,1H3. The van der Waals surface area contributed by atoms with Gasteiger partial charge in [0.05, 0.1) is 22.3 Å². The molecule has 6 heteroatoms. The van der Waals surface area contributed by atoms with Crippen LogP contribution >= 0.6 is 23.4 Å². The van der Waals surface area contributed by atoms with Crippen LogP contribution in [0.1, 0.15) is 15.9 Å².